The van der Waals surface area contributed by atoms with Crippen molar-refractivity contribution in [1.29, 1.82) is 0 Å². The molecule has 6 rings (SSSR count). The number of fused-ring (bicyclic) bond motifs is 2. The summed E-state index contributed by atoms with van der Waals surface area (Å²) in [6.45, 7) is 0. The molecule has 0 fully saturated rings. The predicted molar refractivity (Wildman–Crippen MR) is 195 cm³/mol. The molecule has 5 aromatic carbocycles. The molecule has 26 heteroatoms. The Kier molecular flexibility index (Phi) is 9.87. The minimum Gasteiger partial charge on any atom is -0.505 e. The van der Waals surface area contributed by atoms with Crippen molar-refractivity contribution < 1.29 is 57.0 Å². The fourth-order valence-electron chi connectivity index (χ4n) is 5.26. The molecule has 0 aliphatic heterocycles. The summed E-state index contributed by atoms with van der Waals surface area (Å²) in [4.78, 5) is 8.50. The number of azo groups is 1. The zero-order valence-corrected chi connectivity index (χ0v) is 30.8. The number of nitrogens with zero attached hydrogens (tertiary/aromatic N) is 5. The number of phenols is 1. The largest absolute Gasteiger partial charge is 0.505 e. The summed E-state index contributed by atoms with van der Waals surface area (Å²) in [5, 5.41) is 23.2. The Morgan fingerprint density at radius 3 is 1.93 bits per heavy atom. The highest BCUT2D eigenvalue weighted by Crippen LogP contribution is 2.46. The Morgan fingerprint density at radius 1 is 0.655 bits per heavy atom. The molecule has 0 unspecified atom stereocenters. The number of aromatic nitrogens is 3. The molecular weight excluding hydrogens is 832 g/mol. The molecule has 0 atom stereocenters. The van der Waals surface area contributed by atoms with Gasteiger partial charge in [-0.15, -0.1) is 10.2 Å². The number of aromatic hydroxyl groups is 1. The van der Waals surface area contributed by atoms with E-state index in [0.29, 0.717) is 11.5 Å². The molecule has 1 heterocycles. The molecule has 1 aromatic heterocycles. The van der Waals surface area contributed by atoms with E-state index in [1.165, 1.54) is 30.3 Å². The molecule has 0 aliphatic rings. The van der Waals surface area contributed by atoms with Crippen molar-refractivity contribution in [1.82, 2.24) is 15.0 Å². The molecule has 0 radical (unpaired) electrons. The zero-order valence-electron chi connectivity index (χ0n) is 26.8. The van der Waals surface area contributed by atoms with Crippen LogP contribution in [0.3, 0.4) is 0 Å². The van der Waals surface area contributed by atoms with E-state index >= 15 is 0 Å². The number of hydrogen-bond acceptors (Lipinski definition) is 17. The molecule has 0 saturated carbocycles. The predicted octanol–water partition coefficient (Wildman–Crippen LogP) is 5.01. The van der Waals surface area contributed by atoms with Gasteiger partial charge in [-0.05, 0) is 64.8 Å². The van der Waals surface area contributed by atoms with Crippen LogP contribution in [0.4, 0.5) is 40.3 Å². The quantitative estimate of drug-likeness (QED) is 0.0510. The molecule has 0 aliphatic carbocycles. The number of anilines is 5. The zero-order chi connectivity index (χ0) is 40.2. The molecule has 9 N–H and O–H groups in total. The Labute approximate surface area is 314 Å². The van der Waals surface area contributed by atoms with Crippen LogP contribution in [0.2, 0.25) is 5.28 Å². The minimum atomic E-state index is -5.33. The maximum atomic E-state index is 12.6. The summed E-state index contributed by atoms with van der Waals surface area (Å²) in [5.41, 5.74) is 3.49. The molecule has 55 heavy (non-hydrogen) atoms. The summed E-state index contributed by atoms with van der Waals surface area (Å²) >= 11 is 6.08. The number of phenolic OH excluding ortho intramolecular Hbond substituents is 1. The van der Waals surface area contributed by atoms with E-state index in [1.807, 2.05) is 0 Å². The van der Waals surface area contributed by atoms with Gasteiger partial charge in [0.1, 0.15) is 26.1 Å². The van der Waals surface area contributed by atoms with Gasteiger partial charge in [0.05, 0.1) is 16.3 Å². The van der Waals surface area contributed by atoms with Gasteiger partial charge >= 0.3 is 0 Å². The fourth-order valence-corrected chi connectivity index (χ4v) is 8.05. The van der Waals surface area contributed by atoms with Crippen molar-refractivity contribution in [3.63, 3.8) is 0 Å². The van der Waals surface area contributed by atoms with E-state index in [2.05, 4.69) is 35.8 Å². The van der Waals surface area contributed by atoms with E-state index < -0.39 is 105 Å². The van der Waals surface area contributed by atoms with Crippen molar-refractivity contribution in [3.05, 3.63) is 78.1 Å². The average Bonchev–Trinajstić information content (AvgIpc) is 3.05. The summed E-state index contributed by atoms with van der Waals surface area (Å²) < 4.78 is 137. The summed E-state index contributed by atoms with van der Waals surface area (Å²) in [5.74, 6) is -1.90. The lowest BCUT2D eigenvalue weighted by Crippen LogP contribution is -2.07. The maximum Gasteiger partial charge on any atom is 0.297 e. The number of rotatable bonds is 10. The van der Waals surface area contributed by atoms with E-state index in [0.717, 1.165) is 30.3 Å². The lowest BCUT2D eigenvalue weighted by molar-refractivity contribution is 0.472. The molecule has 21 nitrogen and oxygen atoms in total. The van der Waals surface area contributed by atoms with Crippen LogP contribution in [0.25, 0.3) is 21.5 Å². The average molecular weight is 853 g/mol. The van der Waals surface area contributed by atoms with Gasteiger partial charge in [0.15, 0.2) is 5.75 Å². The van der Waals surface area contributed by atoms with Crippen LogP contribution >= 0.6 is 11.6 Å². The van der Waals surface area contributed by atoms with Gasteiger partial charge in [0.25, 0.3) is 40.5 Å². The van der Waals surface area contributed by atoms with Gasteiger partial charge in [0, 0.05) is 16.5 Å². The van der Waals surface area contributed by atoms with Crippen molar-refractivity contribution >= 4 is 114 Å². The van der Waals surface area contributed by atoms with Crippen LogP contribution in [-0.2, 0) is 40.5 Å². The minimum absolute atomic E-state index is 0.00636. The maximum absolute atomic E-state index is 12.6. The molecule has 0 amide bonds. The van der Waals surface area contributed by atoms with E-state index in [1.54, 1.807) is 6.07 Å². The SMILES string of the molecule is Nc1cc(Nc2nc(Cl)nc(Nc3cc(S(=O)(=O)O)cc4cc(S(=O)(=O)O)c(/N=N/c5ccc6ccccc6c5S(=O)(=O)O)c(O)c34)n2)ccc1S(=O)(=O)O. The van der Waals surface area contributed by atoms with Crippen LogP contribution in [0, 0.1) is 0 Å². The third kappa shape index (κ3) is 8.23. The Balaban J connectivity index is 1.52. The first kappa shape index (κ1) is 39.1. The first-order chi connectivity index (χ1) is 25.5. The van der Waals surface area contributed by atoms with Crippen LogP contribution < -0.4 is 16.4 Å². The number of hydrogen-bond donors (Lipinski definition) is 8. The molecule has 286 valence electrons. The highest BCUT2D eigenvalue weighted by molar-refractivity contribution is 7.86. The fraction of sp³-hybridized carbons (Fsp3) is 0. The first-order valence-electron chi connectivity index (χ1n) is 14.5. The Hall–Kier alpha value is -5.64. The second-order valence-electron chi connectivity index (χ2n) is 11.1. The van der Waals surface area contributed by atoms with Crippen molar-refractivity contribution in [2.75, 3.05) is 16.4 Å². The van der Waals surface area contributed by atoms with Crippen LogP contribution in [0.15, 0.2) is 103 Å². The second kappa shape index (κ2) is 13.9. The van der Waals surface area contributed by atoms with E-state index in [9.17, 15) is 57.0 Å². The van der Waals surface area contributed by atoms with Gasteiger partial charge in [-0.3, -0.25) is 18.2 Å². The lowest BCUT2D eigenvalue weighted by Gasteiger charge is -2.15. The number of nitrogens with one attached hydrogen (secondary N) is 2. The molecule has 6 aromatic rings. The third-order valence-corrected chi connectivity index (χ3v) is 11.2. The normalized spacial score (nSPS) is 12.7. The first-order valence-corrected chi connectivity index (χ1v) is 20.7. The van der Waals surface area contributed by atoms with Gasteiger partial charge in [0.2, 0.25) is 17.2 Å². The number of benzene rings is 5. The van der Waals surface area contributed by atoms with Crippen LogP contribution in [0.5, 0.6) is 5.75 Å². The van der Waals surface area contributed by atoms with Gasteiger partial charge < -0.3 is 21.5 Å². The van der Waals surface area contributed by atoms with E-state index in [4.69, 9.17) is 17.3 Å². The highest BCUT2D eigenvalue weighted by Gasteiger charge is 2.27. The third-order valence-electron chi connectivity index (χ3n) is 7.47. The van der Waals surface area contributed by atoms with Gasteiger partial charge in [-0.2, -0.15) is 48.6 Å². The topological polar surface area (TPSA) is 351 Å². The highest BCUT2D eigenvalue weighted by atomic mass is 35.5. The molecule has 0 bridgehead atoms. The monoisotopic (exact) mass is 852 g/mol. The Bertz CT molecular complexity index is 3100. The van der Waals surface area contributed by atoms with Crippen molar-refractivity contribution in [3.8, 4) is 5.75 Å². The van der Waals surface area contributed by atoms with E-state index in [-0.39, 0.29) is 22.7 Å². The second-order valence-corrected chi connectivity index (χ2v) is 17.0. The van der Waals surface area contributed by atoms with Crippen molar-refractivity contribution in [2.24, 2.45) is 10.2 Å². The standard InChI is InChI=1S/C29H21ClN8O13S4/c30-27-34-28(32-15-6-8-21(18(31)11-15)53(43,44)45)36-29(35-27)33-20-12-16(52(40,41)42)9-14-10-22(54(46,47)48)24(25(39)23(14)20)38-37-19-7-5-13-3-1-2-4-17(13)26(19)55(49,50)51/h1-12,39H,31H2,(H,40,41,42)(H,43,44,45)(H,46,47,48)(H,49,50,51)(H2,32,33,34,35,36)/b38-37+. The molecular formula is C29H21ClN8O13S4. The summed E-state index contributed by atoms with van der Waals surface area (Å²) in [6.07, 6.45) is 0. The summed E-state index contributed by atoms with van der Waals surface area (Å²) in [7, 11) is -20.0. The molecule has 0 spiro atoms. The smallest absolute Gasteiger partial charge is 0.297 e. The molecule has 0 saturated heterocycles. The van der Waals surface area contributed by atoms with Crippen molar-refractivity contribution in [2.45, 2.75) is 19.6 Å². The lowest BCUT2D eigenvalue weighted by atomic mass is 10.1. The van der Waals surface area contributed by atoms with Gasteiger partial charge in [-0.25, -0.2) is 0 Å². The van der Waals surface area contributed by atoms with Gasteiger partial charge in [-0.1, -0.05) is 30.3 Å². The Morgan fingerprint density at radius 2 is 1.31 bits per heavy atom. The van der Waals surface area contributed by atoms with Crippen LogP contribution in [-0.4, -0.2) is 71.9 Å². The number of halogens is 1. The number of nitrogens with two attached hydrogens (primary N) is 1. The number of nitrogen functional groups attached to an aromatic ring is 1. The van der Waals surface area contributed by atoms with Crippen LogP contribution in [0.1, 0.15) is 0 Å². The summed E-state index contributed by atoms with van der Waals surface area (Å²) in [6, 6.07) is 13.9.